The van der Waals surface area contributed by atoms with Gasteiger partial charge < -0.3 is 20.6 Å². The predicted molar refractivity (Wildman–Crippen MR) is 252 cm³/mol. The average Bonchev–Trinajstić information content (AvgIpc) is 4.18. The lowest BCUT2D eigenvalue weighted by Crippen LogP contribution is -2.28. The number of likely N-dealkylation sites (tertiary alicyclic amines) is 1. The van der Waals surface area contributed by atoms with Crippen LogP contribution >= 0.6 is 22.7 Å². The van der Waals surface area contributed by atoms with Gasteiger partial charge in [-0.25, -0.2) is 9.97 Å². The summed E-state index contributed by atoms with van der Waals surface area (Å²) in [5, 5.41) is 45.6. The summed E-state index contributed by atoms with van der Waals surface area (Å²) in [5.41, 5.74) is 7.10. The predicted octanol–water partition coefficient (Wildman–Crippen LogP) is 8.89. The van der Waals surface area contributed by atoms with Gasteiger partial charge in [-0.1, -0.05) is 48.4 Å². The van der Waals surface area contributed by atoms with Crippen LogP contribution in [0.5, 0.6) is 0 Å². The van der Waals surface area contributed by atoms with Gasteiger partial charge in [0.05, 0.1) is 34.5 Å². The highest BCUT2D eigenvalue weighted by Gasteiger charge is 2.23. The Balaban J connectivity index is 0.000000155. The van der Waals surface area contributed by atoms with Crippen LogP contribution in [0.25, 0.3) is 44.3 Å². The lowest BCUT2D eigenvalue weighted by molar-refractivity contribution is -0.130. The third-order valence-corrected chi connectivity index (χ3v) is 14.3. The second-order valence-corrected chi connectivity index (χ2v) is 18.9. The van der Waals surface area contributed by atoms with Gasteiger partial charge >= 0.3 is 0 Å². The Morgan fingerprint density at radius 1 is 0.615 bits per heavy atom. The minimum atomic E-state index is 0.156. The van der Waals surface area contributed by atoms with Gasteiger partial charge in [0.25, 0.3) is 0 Å². The molecule has 65 heavy (non-hydrogen) atoms. The van der Waals surface area contributed by atoms with Crippen LogP contribution in [0, 0.1) is 0 Å². The molecule has 3 N–H and O–H groups in total. The van der Waals surface area contributed by atoms with Crippen molar-refractivity contribution in [2.24, 2.45) is 0 Å². The van der Waals surface area contributed by atoms with Gasteiger partial charge in [-0.05, 0) is 81.3 Å². The molecule has 0 spiro atoms. The summed E-state index contributed by atoms with van der Waals surface area (Å²) in [6.07, 6.45) is 24.6. The van der Waals surface area contributed by atoms with E-state index in [4.69, 9.17) is 15.1 Å². The maximum atomic E-state index is 12.3. The van der Waals surface area contributed by atoms with Gasteiger partial charge in [-0.2, -0.15) is 10.2 Å². The van der Waals surface area contributed by atoms with Gasteiger partial charge in [0.1, 0.15) is 21.7 Å². The highest BCUT2D eigenvalue weighted by atomic mass is 32.1. The van der Waals surface area contributed by atoms with Crippen LogP contribution in [0.2, 0.25) is 0 Å². The van der Waals surface area contributed by atoms with Gasteiger partial charge in [0.15, 0.2) is 0 Å². The molecule has 0 unspecified atom stereocenters. The molecule has 8 aromatic rings. The number of hydrogen-bond donors (Lipinski definition) is 3. The number of aromatic nitrogens is 12. The molecule has 334 valence electrons. The van der Waals surface area contributed by atoms with E-state index < -0.39 is 0 Å². The van der Waals surface area contributed by atoms with E-state index in [0.717, 1.165) is 102 Å². The molecule has 19 heteroatoms. The zero-order chi connectivity index (χ0) is 44.0. The van der Waals surface area contributed by atoms with E-state index >= 15 is 0 Å². The summed E-state index contributed by atoms with van der Waals surface area (Å²) in [5.74, 6) is 2.78. The number of aryl methyl sites for hydroxylation is 2. The second kappa shape index (κ2) is 19.8. The smallest absolute Gasteiger partial charge is 0.224 e. The lowest BCUT2D eigenvalue weighted by atomic mass is 10.1. The number of pyridine rings is 4. The van der Waals surface area contributed by atoms with E-state index in [-0.39, 0.29) is 12.5 Å². The first-order valence-electron chi connectivity index (χ1n) is 22.7. The Labute approximate surface area is 383 Å². The summed E-state index contributed by atoms with van der Waals surface area (Å²) < 4.78 is 3.66. The van der Waals surface area contributed by atoms with Crippen molar-refractivity contribution in [3.05, 3.63) is 83.6 Å². The van der Waals surface area contributed by atoms with Gasteiger partial charge in [-0.15, -0.1) is 20.4 Å². The lowest BCUT2D eigenvalue weighted by Gasteiger charge is -2.14. The topological polar surface area (TPSA) is 203 Å². The highest BCUT2D eigenvalue weighted by Crippen LogP contribution is 2.38. The van der Waals surface area contributed by atoms with Crippen LogP contribution in [0.4, 0.5) is 21.9 Å². The zero-order valence-electron chi connectivity index (χ0n) is 36.1. The molecule has 0 atom stereocenters. The van der Waals surface area contributed by atoms with Gasteiger partial charge in [-0.3, -0.25) is 24.1 Å². The molecule has 1 saturated heterocycles. The Bertz CT molecular complexity index is 2870. The van der Waals surface area contributed by atoms with Gasteiger partial charge in [0.2, 0.25) is 16.2 Å². The van der Waals surface area contributed by atoms with Crippen LogP contribution in [-0.2, 0) is 17.9 Å². The molecule has 17 nitrogen and oxygen atoms in total. The molecule has 0 radical (unpaired) electrons. The normalized spacial score (nSPS) is 15.6. The van der Waals surface area contributed by atoms with E-state index in [0.29, 0.717) is 37.8 Å². The van der Waals surface area contributed by atoms with Crippen molar-refractivity contribution in [3.63, 3.8) is 0 Å². The minimum absolute atomic E-state index is 0.156. The van der Waals surface area contributed by atoms with E-state index in [9.17, 15) is 4.79 Å². The monoisotopic (exact) mass is 909 g/mol. The van der Waals surface area contributed by atoms with Crippen molar-refractivity contribution < 1.29 is 9.90 Å². The Morgan fingerprint density at radius 2 is 1.12 bits per heavy atom. The number of hydrogen-bond acceptors (Lipinski definition) is 16. The van der Waals surface area contributed by atoms with Gasteiger partial charge in [0, 0.05) is 98.1 Å². The summed E-state index contributed by atoms with van der Waals surface area (Å²) in [6, 6.07) is 11.8. The molecule has 2 saturated carbocycles. The SMILES string of the molecule is O=C(CCn1cc(-c2cnc3ccc(Nc4nnc(C5CCCC5)s4)nc3c2)cn1)N1CCCC1.OCCCn1cc(-c2cnc3ccc(Nc4nnc(C5CCCC5)s4)nc3c2)cn1. The number of fused-ring (bicyclic) bond motifs is 2. The van der Waals surface area contributed by atoms with Crippen molar-refractivity contribution >= 4 is 72.5 Å². The molecule has 8 aromatic heterocycles. The molecular weight excluding hydrogens is 859 g/mol. The molecule has 3 aliphatic rings. The van der Waals surface area contributed by atoms with Crippen LogP contribution in [0.15, 0.2) is 73.6 Å². The fraction of sp³-hybridized carbons (Fsp3) is 0.413. The van der Waals surface area contributed by atoms with E-state index in [1.165, 1.54) is 51.4 Å². The number of aliphatic hydroxyl groups is 1. The molecule has 11 rings (SSSR count). The number of nitrogens with zero attached hydrogens (tertiary/aromatic N) is 13. The quantitative estimate of drug-likeness (QED) is 0.0933. The standard InChI is InChI=1S/C25H28N8OS.C21H23N7OS/c34-23(32-10-3-4-11-32)9-12-33-16-19(15-27-33)18-13-21-20(26-14-18)7-8-22(28-21)29-25-31-30-24(35-25)17-5-1-2-6-17;29-9-3-8-28-13-16(12-23-28)15-10-18-17(22-11-15)6-7-19(24-18)25-21-27-26-20(30-21)14-4-1-2-5-14/h7-8,13-17H,1-6,9-12H2,(H,28,29,31);6-7,10-14,29H,1-5,8-9H2,(H,24,25,27). The number of aliphatic hydroxyl groups excluding tert-OH is 1. The van der Waals surface area contributed by atoms with E-state index in [2.05, 4.69) is 51.2 Å². The minimum Gasteiger partial charge on any atom is -0.396 e. The first-order chi connectivity index (χ1) is 32.0. The number of nitrogens with one attached hydrogen (secondary N) is 2. The molecule has 0 bridgehead atoms. The molecule has 9 heterocycles. The number of amides is 1. The Morgan fingerprint density at radius 3 is 1.63 bits per heavy atom. The second-order valence-electron chi connectivity index (χ2n) is 16.9. The first kappa shape index (κ1) is 42.6. The number of carbonyl (C=O) groups excluding carboxylic acids is 1. The molecule has 1 amide bonds. The maximum Gasteiger partial charge on any atom is 0.224 e. The van der Waals surface area contributed by atoms with Crippen molar-refractivity contribution in [2.75, 3.05) is 30.3 Å². The molecule has 2 aliphatic carbocycles. The maximum absolute atomic E-state index is 12.3. The van der Waals surface area contributed by atoms with Crippen molar-refractivity contribution in [3.8, 4) is 22.3 Å². The van der Waals surface area contributed by atoms with Crippen LogP contribution in [0.1, 0.15) is 98.9 Å². The molecule has 1 aliphatic heterocycles. The molecule has 0 aromatic carbocycles. The summed E-state index contributed by atoms with van der Waals surface area (Å²) in [6.45, 7) is 3.19. The first-order valence-corrected chi connectivity index (χ1v) is 24.3. The van der Waals surface area contributed by atoms with Crippen LogP contribution in [0.3, 0.4) is 0 Å². The Hall–Kier alpha value is -6.31. The van der Waals surface area contributed by atoms with Crippen molar-refractivity contribution in [1.82, 2.24) is 64.8 Å². The zero-order valence-corrected chi connectivity index (χ0v) is 37.7. The van der Waals surface area contributed by atoms with Crippen molar-refractivity contribution in [1.29, 1.82) is 0 Å². The van der Waals surface area contributed by atoms with Crippen LogP contribution in [-0.4, -0.2) is 95.5 Å². The largest absolute Gasteiger partial charge is 0.396 e. The highest BCUT2D eigenvalue weighted by molar-refractivity contribution is 7.15. The van der Waals surface area contributed by atoms with E-state index in [1.807, 2.05) is 87.8 Å². The third-order valence-electron chi connectivity index (χ3n) is 12.3. The fourth-order valence-electron chi connectivity index (χ4n) is 8.77. The third kappa shape index (κ3) is 10.3. The summed E-state index contributed by atoms with van der Waals surface area (Å²) in [4.78, 5) is 32.9. The average molecular weight is 910 g/mol. The molecular formula is C46H51N15O2S2. The summed E-state index contributed by atoms with van der Waals surface area (Å²) in [7, 11) is 0. The number of rotatable bonds is 14. The number of anilines is 4. The summed E-state index contributed by atoms with van der Waals surface area (Å²) >= 11 is 3.24. The molecule has 3 fully saturated rings. The fourth-order valence-corrected chi connectivity index (χ4v) is 10.6. The van der Waals surface area contributed by atoms with Crippen molar-refractivity contribution in [2.45, 2.75) is 102 Å². The Kier molecular flexibility index (Phi) is 13.0. The van der Waals surface area contributed by atoms with E-state index in [1.54, 1.807) is 22.7 Å². The van der Waals surface area contributed by atoms with Crippen LogP contribution < -0.4 is 10.6 Å². The number of carbonyl (C=O) groups is 1.